The van der Waals surface area contributed by atoms with E-state index in [1.54, 1.807) is 0 Å². The van der Waals surface area contributed by atoms with E-state index >= 15 is 0 Å². The molecule has 11 heavy (non-hydrogen) atoms. The van der Waals surface area contributed by atoms with Gasteiger partial charge in [-0.25, -0.2) is 0 Å². The van der Waals surface area contributed by atoms with Crippen molar-refractivity contribution >= 4 is 11.6 Å². The van der Waals surface area contributed by atoms with Crippen molar-refractivity contribution in [1.82, 2.24) is 5.32 Å². The number of rotatable bonds is 4. The molecule has 0 aromatic carbocycles. The van der Waals surface area contributed by atoms with Gasteiger partial charge in [0.15, 0.2) is 0 Å². The SMILES string of the molecule is ClCCCCC1CCCNC1. The molecule has 1 rings (SSSR count). The van der Waals surface area contributed by atoms with Crippen LogP contribution in [0.5, 0.6) is 0 Å². The predicted octanol–water partition coefficient (Wildman–Crippen LogP) is 2.40. The van der Waals surface area contributed by atoms with E-state index in [2.05, 4.69) is 5.32 Å². The topological polar surface area (TPSA) is 12.0 Å². The van der Waals surface area contributed by atoms with E-state index in [4.69, 9.17) is 11.6 Å². The highest BCUT2D eigenvalue weighted by Crippen LogP contribution is 2.16. The molecule has 0 aliphatic carbocycles. The van der Waals surface area contributed by atoms with Gasteiger partial charge in [0.2, 0.25) is 0 Å². The van der Waals surface area contributed by atoms with E-state index in [1.807, 2.05) is 0 Å². The molecule has 1 aliphatic heterocycles. The number of piperidine rings is 1. The minimum Gasteiger partial charge on any atom is -0.316 e. The molecule has 1 saturated heterocycles. The van der Waals surface area contributed by atoms with E-state index in [1.165, 1.54) is 45.2 Å². The zero-order valence-corrected chi connectivity index (χ0v) is 7.87. The fourth-order valence-corrected chi connectivity index (χ4v) is 1.89. The van der Waals surface area contributed by atoms with Gasteiger partial charge < -0.3 is 5.32 Å². The first-order valence-electron chi connectivity index (χ1n) is 4.70. The fourth-order valence-electron chi connectivity index (χ4n) is 1.70. The third kappa shape index (κ3) is 3.97. The summed E-state index contributed by atoms with van der Waals surface area (Å²) in [7, 11) is 0. The van der Waals surface area contributed by atoms with Crippen LogP contribution in [0.15, 0.2) is 0 Å². The van der Waals surface area contributed by atoms with Crippen molar-refractivity contribution in [1.29, 1.82) is 0 Å². The molecular formula is C9H18ClN. The van der Waals surface area contributed by atoms with Crippen LogP contribution in [0.25, 0.3) is 0 Å². The minimum absolute atomic E-state index is 0.833. The molecule has 66 valence electrons. The highest BCUT2D eigenvalue weighted by Gasteiger charge is 2.11. The summed E-state index contributed by atoms with van der Waals surface area (Å²) in [6.45, 7) is 2.47. The molecule has 1 atom stereocenters. The van der Waals surface area contributed by atoms with Gasteiger partial charge in [-0.15, -0.1) is 11.6 Å². The van der Waals surface area contributed by atoms with Crippen LogP contribution < -0.4 is 5.32 Å². The molecule has 2 heteroatoms. The summed E-state index contributed by atoms with van der Waals surface area (Å²) in [5.41, 5.74) is 0. The molecular weight excluding hydrogens is 158 g/mol. The fraction of sp³-hybridized carbons (Fsp3) is 1.00. The minimum atomic E-state index is 0.833. The van der Waals surface area contributed by atoms with Crippen molar-refractivity contribution in [3.05, 3.63) is 0 Å². The molecule has 1 nitrogen and oxygen atoms in total. The van der Waals surface area contributed by atoms with Crippen LogP contribution >= 0.6 is 11.6 Å². The Balaban J connectivity index is 1.96. The first kappa shape index (κ1) is 9.34. The summed E-state index contributed by atoms with van der Waals surface area (Å²) in [5.74, 6) is 1.77. The molecule has 0 spiro atoms. The van der Waals surface area contributed by atoms with Crippen LogP contribution in [-0.2, 0) is 0 Å². The van der Waals surface area contributed by atoms with Crippen molar-refractivity contribution in [2.75, 3.05) is 19.0 Å². The number of unbranched alkanes of at least 4 members (excludes halogenated alkanes) is 1. The Morgan fingerprint density at radius 1 is 1.36 bits per heavy atom. The largest absolute Gasteiger partial charge is 0.316 e. The van der Waals surface area contributed by atoms with E-state index in [0.29, 0.717) is 0 Å². The molecule has 0 amide bonds. The summed E-state index contributed by atoms with van der Waals surface area (Å²) < 4.78 is 0. The standard InChI is InChI=1S/C9H18ClN/c10-6-2-1-4-9-5-3-7-11-8-9/h9,11H,1-8H2. The summed E-state index contributed by atoms with van der Waals surface area (Å²) in [6.07, 6.45) is 6.68. The smallest absolute Gasteiger partial charge is 0.0223 e. The van der Waals surface area contributed by atoms with Crippen LogP contribution in [0.4, 0.5) is 0 Å². The average molecular weight is 176 g/mol. The quantitative estimate of drug-likeness (QED) is 0.511. The Morgan fingerprint density at radius 2 is 2.27 bits per heavy atom. The summed E-state index contributed by atoms with van der Waals surface area (Å²) in [4.78, 5) is 0. The first-order chi connectivity index (χ1) is 5.43. The number of alkyl halides is 1. The lowest BCUT2D eigenvalue weighted by atomic mass is 9.94. The molecule has 1 aliphatic rings. The lowest BCUT2D eigenvalue weighted by molar-refractivity contribution is 0.350. The van der Waals surface area contributed by atoms with Gasteiger partial charge in [-0.05, 0) is 44.7 Å². The van der Waals surface area contributed by atoms with Gasteiger partial charge in [0.25, 0.3) is 0 Å². The second-order valence-corrected chi connectivity index (χ2v) is 3.78. The second-order valence-electron chi connectivity index (χ2n) is 3.40. The molecule has 0 aromatic heterocycles. The van der Waals surface area contributed by atoms with Gasteiger partial charge in [-0.2, -0.15) is 0 Å². The van der Waals surface area contributed by atoms with Gasteiger partial charge in [-0.1, -0.05) is 6.42 Å². The molecule has 1 N–H and O–H groups in total. The molecule has 1 heterocycles. The van der Waals surface area contributed by atoms with Gasteiger partial charge in [-0.3, -0.25) is 0 Å². The zero-order chi connectivity index (χ0) is 7.94. The number of nitrogens with one attached hydrogen (secondary N) is 1. The van der Waals surface area contributed by atoms with Crippen molar-refractivity contribution in [3.63, 3.8) is 0 Å². The first-order valence-corrected chi connectivity index (χ1v) is 5.23. The lowest BCUT2D eigenvalue weighted by Crippen LogP contribution is -2.29. The van der Waals surface area contributed by atoms with E-state index in [0.717, 1.165) is 11.8 Å². The highest BCUT2D eigenvalue weighted by molar-refractivity contribution is 6.17. The molecule has 0 saturated carbocycles. The Bertz CT molecular complexity index is 89.6. The summed E-state index contributed by atoms with van der Waals surface area (Å²) >= 11 is 5.60. The maximum absolute atomic E-state index is 5.60. The predicted molar refractivity (Wildman–Crippen MR) is 50.2 cm³/mol. The second kappa shape index (κ2) is 5.84. The van der Waals surface area contributed by atoms with Gasteiger partial charge >= 0.3 is 0 Å². The van der Waals surface area contributed by atoms with Crippen LogP contribution in [0, 0.1) is 5.92 Å². The number of halogens is 1. The van der Waals surface area contributed by atoms with Crippen molar-refractivity contribution in [2.24, 2.45) is 5.92 Å². The van der Waals surface area contributed by atoms with E-state index in [9.17, 15) is 0 Å². The number of hydrogen-bond acceptors (Lipinski definition) is 1. The molecule has 0 bridgehead atoms. The van der Waals surface area contributed by atoms with Crippen LogP contribution in [0.1, 0.15) is 32.1 Å². The molecule has 1 fully saturated rings. The van der Waals surface area contributed by atoms with E-state index in [-0.39, 0.29) is 0 Å². The Labute approximate surface area is 74.5 Å². The van der Waals surface area contributed by atoms with Gasteiger partial charge in [0.05, 0.1) is 0 Å². The summed E-state index contributed by atoms with van der Waals surface area (Å²) in [5, 5.41) is 3.43. The normalized spacial score (nSPS) is 25.4. The third-order valence-electron chi connectivity index (χ3n) is 2.39. The number of hydrogen-bond donors (Lipinski definition) is 1. The van der Waals surface area contributed by atoms with Gasteiger partial charge in [0, 0.05) is 5.88 Å². The van der Waals surface area contributed by atoms with E-state index < -0.39 is 0 Å². The maximum atomic E-state index is 5.60. The highest BCUT2D eigenvalue weighted by atomic mass is 35.5. The Hall–Kier alpha value is 0.250. The Kier molecular flexibility index (Phi) is 4.96. The van der Waals surface area contributed by atoms with Crippen LogP contribution in [0.2, 0.25) is 0 Å². The average Bonchev–Trinajstić information content (AvgIpc) is 2.07. The lowest BCUT2D eigenvalue weighted by Gasteiger charge is -2.22. The van der Waals surface area contributed by atoms with Crippen molar-refractivity contribution < 1.29 is 0 Å². The maximum Gasteiger partial charge on any atom is 0.0223 e. The molecule has 0 radical (unpaired) electrons. The van der Waals surface area contributed by atoms with Crippen molar-refractivity contribution in [3.8, 4) is 0 Å². The Morgan fingerprint density at radius 3 is 2.91 bits per heavy atom. The zero-order valence-electron chi connectivity index (χ0n) is 7.11. The van der Waals surface area contributed by atoms with Gasteiger partial charge in [0.1, 0.15) is 0 Å². The van der Waals surface area contributed by atoms with Crippen LogP contribution in [-0.4, -0.2) is 19.0 Å². The molecule has 0 aromatic rings. The monoisotopic (exact) mass is 175 g/mol. The van der Waals surface area contributed by atoms with Crippen LogP contribution in [0.3, 0.4) is 0 Å². The summed E-state index contributed by atoms with van der Waals surface area (Å²) in [6, 6.07) is 0. The van der Waals surface area contributed by atoms with Crippen molar-refractivity contribution in [2.45, 2.75) is 32.1 Å². The molecule has 1 unspecified atom stereocenters. The third-order valence-corrected chi connectivity index (χ3v) is 2.66.